The number of nitrogens with zero attached hydrogens (tertiary/aromatic N) is 3. The molecule has 0 spiro atoms. The lowest BCUT2D eigenvalue weighted by atomic mass is 10.1. The van der Waals surface area contributed by atoms with Crippen LogP contribution in [0.1, 0.15) is 17.4 Å². The van der Waals surface area contributed by atoms with Crippen molar-refractivity contribution in [2.45, 2.75) is 6.04 Å². The smallest absolute Gasteiger partial charge is 0.311 e. The Morgan fingerprint density at radius 3 is 2.64 bits per heavy atom. The molecular weight excluding hydrogens is 326 g/mol. The first-order valence-electron chi connectivity index (χ1n) is 7.29. The molecule has 9 heteroatoms. The van der Waals surface area contributed by atoms with Crippen molar-refractivity contribution in [2.24, 2.45) is 5.73 Å². The molecule has 0 saturated heterocycles. The zero-order valence-corrected chi connectivity index (χ0v) is 13.2. The molecule has 0 radical (unpaired) electrons. The average Bonchev–Trinajstić information content (AvgIpc) is 3.11. The highest BCUT2D eigenvalue weighted by Gasteiger charge is 2.18. The van der Waals surface area contributed by atoms with Crippen LogP contribution in [0.15, 0.2) is 42.5 Å². The highest BCUT2D eigenvalue weighted by molar-refractivity contribution is 5.63. The van der Waals surface area contributed by atoms with Crippen LogP contribution in [0.2, 0.25) is 0 Å². The standard InChI is InChI=1S/C16H15N5O4/c1-25-11-5-2-9(3-6-11)14(17)16-18-15(19-20-16)10-4-7-13(22)12(8-10)21(23)24/h2-8,14,22H,17H2,1H3,(H,18,19,20). The number of phenolic OH excluding ortho intramolecular Hbond substituents is 1. The zero-order chi connectivity index (χ0) is 18.0. The monoisotopic (exact) mass is 341 g/mol. The molecule has 0 bridgehead atoms. The van der Waals surface area contributed by atoms with Crippen molar-refractivity contribution in [3.05, 3.63) is 64.0 Å². The van der Waals surface area contributed by atoms with Crippen LogP contribution in [-0.2, 0) is 0 Å². The van der Waals surface area contributed by atoms with Gasteiger partial charge in [-0.15, -0.1) is 0 Å². The molecule has 3 aromatic rings. The van der Waals surface area contributed by atoms with Gasteiger partial charge in [-0.25, -0.2) is 4.98 Å². The summed E-state index contributed by atoms with van der Waals surface area (Å²) in [4.78, 5) is 14.6. The number of methoxy groups -OCH3 is 1. The van der Waals surface area contributed by atoms with E-state index in [0.29, 0.717) is 17.1 Å². The molecule has 128 valence electrons. The summed E-state index contributed by atoms with van der Waals surface area (Å²) in [6.45, 7) is 0. The van der Waals surface area contributed by atoms with E-state index < -0.39 is 22.4 Å². The van der Waals surface area contributed by atoms with Gasteiger partial charge in [-0.3, -0.25) is 15.2 Å². The number of ether oxygens (including phenoxy) is 1. The molecule has 0 aliphatic heterocycles. The molecule has 0 aliphatic rings. The van der Waals surface area contributed by atoms with Crippen LogP contribution in [-0.4, -0.2) is 32.3 Å². The van der Waals surface area contributed by atoms with E-state index in [1.54, 1.807) is 19.2 Å². The topological polar surface area (TPSA) is 140 Å². The molecule has 1 atom stereocenters. The summed E-state index contributed by atoms with van der Waals surface area (Å²) in [5.41, 5.74) is 6.97. The highest BCUT2D eigenvalue weighted by Crippen LogP contribution is 2.30. The van der Waals surface area contributed by atoms with E-state index in [1.165, 1.54) is 18.2 Å². The lowest BCUT2D eigenvalue weighted by molar-refractivity contribution is -0.385. The number of aromatic amines is 1. The Morgan fingerprint density at radius 1 is 1.28 bits per heavy atom. The normalized spacial score (nSPS) is 11.9. The fraction of sp³-hybridized carbons (Fsp3) is 0.125. The van der Waals surface area contributed by atoms with Crippen molar-refractivity contribution in [1.29, 1.82) is 0 Å². The van der Waals surface area contributed by atoms with Crippen LogP contribution in [0.4, 0.5) is 5.69 Å². The molecule has 0 saturated carbocycles. The maximum absolute atomic E-state index is 10.9. The second-order valence-electron chi connectivity index (χ2n) is 5.26. The van der Waals surface area contributed by atoms with E-state index in [0.717, 1.165) is 5.56 Å². The first-order valence-corrected chi connectivity index (χ1v) is 7.29. The summed E-state index contributed by atoms with van der Waals surface area (Å²) >= 11 is 0. The highest BCUT2D eigenvalue weighted by atomic mass is 16.6. The number of benzene rings is 2. The summed E-state index contributed by atoms with van der Waals surface area (Å²) < 4.78 is 5.10. The molecule has 9 nitrogen and oxygen atoms in total. The van der Waals surface area contributed by atoms with Gasteiger partial charge in [0.15, 0.2) is 11.6 Å². The molecule has 1 heterocycles. The van der Waals surface area contributed by atoms with Crippen LogP contribution in [0.3, 0.4) is 0 Å². The van der Waals surface area contributed by atoms with Gasteiger partial charge >= 0.3 is 5.69 Å². The number of aromatic hydroxyl groups is 1. The molecule has 1 aromatic heterocycles. The maximum atomic E-state index is 10.9. The summed E-state index contributed by atoms with van der Waals surface area (Å²) in [5.74, 6) is 0.961. The quantitative estimate of drug-likeness (QED) is 0.477. The largest absolute Gasteiger partial charge is 0.502 e. The summed E-state index contributed by atoms with van der Waals surface area (Å²) in [7, 11) is 1.58. The number of nitrogens with one attached hydrogen (secondary N) is 1. The lowest BCUT2D eigenvalue weighted by Gasteiger charge is -2.09. The molecule has 4 N–H and O–H groups in total. The van der Waals surface area contributed by atoms with Crippen LogP contribution >= 0.6 is 0 Å². The van der Waals surface area contributed by atoms with E-state index in [9.17, 15) is 15.2 Å². The molecule has 3 rings (SSSR count). The van der Waals surface area contributed by atoms with Crippen molar-refractivity contribution >= 4 is 5.69 Å². The number of nitro groups is 1. The number of hydrogen-bond acceptors (Lipinski definition) is 7. The van der Waals surface area contributed by atoms with Crippen molar-refractivity contribution < 1.29 is 14.8 Å². The third-order valence-corrected chi connectivity index (χ3v) is 3.70. The average molecular weight is 341 g/mol. The van der Waals surface area contributed by atoms with Gasteiger partial charge in [0.25, 0.3) is 0 Å². The Morgan fingerprint density at radius 2 is 2.00 bits per heavy atom. The first kappa shape index (κ1) is 16.4. The Bertz CT molecular complexity index is 907. The molecule has 2 aromatic carbocycles. The zero-order valence-electron chi connectivity index (χ0n) is 13.2. The van der Waals surface area contributed by atoms with Crippen LogP contribution < -0.4 is 10.5 Å². The fourth-order valence-electron chi connectivity index (χ4n) is 2.32. The molecule has 1 unspecified atom stereocenters. The van der Waals surface area contributed by atoms with E-state index in [4.69, 9.17) is 10.5 Å². The number of rotatable bonds is 5. The Kier molecular flexibility index (Phi) is 4.31. The molecule has 25 heavy (non-hydrogen) atoms. The van der Waals surface area contributed by atoms with Gasteiger partial charge in [0.05, 0.1) is 18.1 Å². The van der Waals surface area contributed by atoms with Crippen LogP contribution in [0, 0.1) is 10.1 Å². The van der Waals surface area contributed by atoms with E-state index in [1.807, 2.05) is 12.1 Å². The minimum Gasteiger partial charge on any atom is -0.502 e. The second kappa shape index (κ2) is 6.57. The minimum absolute atomic E-state index is 0.252. The van der Waals surface area contributed by atoms with Gasteiger partial charge < -0.3 is 15.6 Å². The summed E-state index contributed by atoms with van der Waals surface area (Å²) in [6.07, 6.45) is 0. The van der Waals surface area contributed by atoms with E-state index >= 15 is 0 Å². The van der Waals surface area contributed by atoms with Gasteiger partial charge in [-0.2, -0.15) is 5.10 Å². The van der Waals surface area contributed by atoms with Gasteiger partial charge in [0.1, 0.15) is 11.6 Å². The van der Waals surface area contributed by atoms with Gasteiger partial charge in [0, 0.05) is 11.6 Å². The molecule has 0 aliphatic carbocycles. The second-order valence-corrected chi connectivity index (χ2v) is 5.26. The Labute approximate surface area is 142 Å². The van der Waals surface area contributed by atoms with Gasteiger partial charge in [-0.1, -0.05) is 12.1 Å². The summed E-state index contributed by atoms with van der Waals surface area (Å²) in [6, 6.07) is 10.6. The fourth-order valence-corrected chi connectivity index (χ4v) is 2.32. The lowest BCUT2D eigenvalue weighted by Crippen LogP contribution is -2.13. The van der Waals surface area contributed by atoms with E-state index in [2.05, 4.69) is 15.2 Å². The first-order chi connectivity index (χ1) is 12.0. The number of H-pyrrole nitrogens is 1. The predicted molar refractivity (Wildman–Crippen MR) is 89.2 cm³/mol. The van der Waals surface area contributed by atoms with Crippen molar-refractivity contribution in [3.8, 4) is 22.9 Å². The number of nitrogens with two attached hydrogens (primary N) is 1. The molecule has 0 amide bonds. The summed E-state index contributed by atoms with van der Waals surface area (Å²) in [5, 5.41) is 27.2. The van der Waals surface area contributed by atoms with Crippen molar-refractivity contribution in [2.75, 3.05) is 7.11 Å². The SMILES string of the molecule is COc1ccc(C(N)c2nc(-c3ccc(O)c([N+](=O)[O-])c3)n[nH]2)cc1. The van der Waals surface area contributed by atoms with Crippen LogP contribution in [0.5, 0.6) is 11.5 Å². The number of phenols is 1. The van der Waals surface area contributed by atoms with Crippen molar-refractivity contribution in [3.63, 3.8) is 0 Å². The predicted octanol–water partition coefficient (Wildman–Crippen LogP) is 2.14. The Hall–Kier alpha value is -3.46. The van der Waals surface area contributed by atoms with Gasteiger partial charge in [0.2, 0.25) is 0 Å². The third kappa shape index (κ3) is 3.26. The number of nitro benzene ring substituents is 1. The van der Waals surface area contributed by atoms with Crippen LogP contribution in [0.25, 0.3) is 11.4 Å². The number of aromatic nitrogens is 3. The minimum atomic E-state index is -0.671. The van der Waals surface area contributed by atoms with Crippen molar-refractivity contribution in [1.82, 2.24) is 15.2 Å². The third-order valence-electron chi connectivity index (χ3n) is 3.70. The maximum Gasteiger partial charge on any atom is 0.311 e. The van der Waals surface area contributed by atoms with E-state index in [-0.39, 0.29) is 5.82 Å². The number of hydrogen-bond donors (Lipinski definition) is 3. The van der Waals surface area contributed by atoms with Gasteiger partial charge in [-0.05, 0) is 29.8 Å². The Balaban J connectivity index is 1.89. The molecular formula is C16H15N5O4. The molecule has 0 fully saturated rings.